The molecular weight excluding hydrogens is 256 g/mol. The molecule has 2 atom stereocenters. The number of likely N-dealkylation sites (tertiary alicyclic amines) is 1. The first-order chi connectivity index (χ1) is 10.4. The molecule has 1 saturated carbocycles. The molecule has 1 N–H and O–H groups in total. The van der Waals surface area contributed by atoms with Crippen molar-refractivity contribution in [2.75, 3.05) is 19.6 Å². The quantitative estimate of drug-likeness (QED) is 0.913. The molecule has 21 heavy (non-hydrogen) atoms. The minimum absolute atomic E-state index is 0.692. The van der Waals surface area contributed by atoms with E-state index >= 15 is 0 Å². The van der Waals surface area contributed by atoms with Crippen LogP contribution < -0.4 is 5.32 Å². The topological polar surface area (TPSA) is 15.3 Å². The van der Waals surface area contributed by atoms with Gasteiger partial charge in [0, 0.05) is 31.6 Å². The van der Waals surface area contributed by atoms with E-state index in [0.29, 0.717) is 5.92 Å². The van der Waals surface area contributed by atoms with E-state index in [2.05, 4.69) is 34.5 Å². The summed E-state index contributed by atoms with van der Waals surface area (Å²) in [6.45, 7) is 4.81. The summed E-state index contributed by atoms with van der Waals surface area (Å²) in [5, 5.41) is 3.62. The predicted molar refractivity (Wildman–Crippen MR) is 87.4 cm³/mol. The molecule has 0 spiro atoms. The molecule has 2 unspecified atom stereocenters. The third-order valence-electron chi connectivity index (χ3n) is 6.01. The standard InChI is InChI=1S/C19H28N2/c1-2-7-15(6-1)19-10-5-11-21(19)14-17-13-20-12-16-8-3-4-9-18(16)17/h3-4,8-9,15,17,19-20H,1-2,5-7,10-14H2. The molecular formula is C19H28N2. The molecule has 1 aromatic carbocycles. The van der Waals surface area contributed by atoms with Crippen LogP contribution in [0.4, 0.5) is 0 Å². The lowest BCUT2D eigenvalue weighted by Gasteiger charge is -2.35. The van der Waals surface area contributed by atoms with Crippen LogP contribution in [0.25, 0.3) is 0 Å². The second kappa shape index (κ2) is 6.10. The number of benzene rings is 1. The van der Waals surface area contributed by atoms with E-state index in [0.717, 1.165) is 25.0 Å². The lowest BCUT2D eigenvalue weighted by Crippen LogP contribution is -2.41. The van der Waals surface area contributed by atoms with Gasteiger partial charge in [0.25, 0.3) is 0 Å². The van der Waals surface area contributed by atoms with Crippen molar-refractivity contribution in [1.82, 2.24) is 10.2 Å². The summed E-state index contributed by atoms with van der Waals surface area (Å²) in [5.41, 5.74) is 3.12. The molecule has 2 heterocycles. The molecule has 1 aliphatic carbocycles. The Hall–Kier alpha value is -0.860. The van der Waals surface area contributed by atoms with Crippen molar-refractivity contribution in [2.24, 2.45) is 5.92 Å². The molecule has 114 valence electrons. The van der Waals surface area contributed by atoms with Crippen LogP contribution in [-0.2, 0) is 6.54 Å². The Morgan fingerprint density at radius 1 is 1.05 bits per heavy atom. The van der Waals surface area contributed by atoms with E-state index in [1.54, 1.807) is 5.56 Å². The van der Waals surface area contributed by atoms with Crippen molar-refractivity contribution in [1.29, 1.82) is 0 Å². The highest BCUT2D eigenvalue weighted by molar-refractivity contribution is 5.33. The van der Waals surface area contributed by atoms with Gasteiger partial charge in [0.05, 0.1) is 0 Å². The van der Waals surface area contributed by atoms with Crippen LogP contribution in [-0.4, -0.2) is 30.6 Å². The second-order valence-corrected chi connectivity index (χ2v) is 7.28. The average molecular weight is 284 g/mol. The van der Waals surface area contributed by atoms with Gasteiger partial charge in [0.15, 0.2) is 0 Å². The van der Waals surface area contributed by atoms with Gasteiger partial charge in [-0.3, -0.25) is 4.90 Å². The Balaban J connectivity index is 1.48. The maximum atomic E-state index is 3.62. The normalized spacial score (nSPS) is 30.7. The monoisotopic (exact) mass is 284 g/mol. The SMILES string of the molecule is c1ccc2c(c1)CNCC2CN1CCCC1C1CCCC1. The lowest BCUT2D eigenvalue weighted by atomic mass is 9.89. The van der Waals surface area contributed by atoms with Gasteiger partial charge in [0.2, 0.25) is 0 Å². The van der Waals surface area contributed by atoms with Crippen molar-refractivity contribution in [3.63, 3.8) is 0 Å². The molecule has 2 heteroatoms. The Morgan fingerprint density at radius 3 is 2.81 bits per heavy atom. The smallest absolute Gasteiger partial charge is 0.0208 e. The fraction of sp³-hybridized carbons (Fsp3) is 0.684. The fourth-order valence-electron chi connectivity index (χ4n) is 4.99. The van der Waals surface area contributed by atoms with E-state index in [9.17, 15) is 0 Å². The fourth-order valence-corrected chi connectivity index (χ4v) is 4.99. The molecule has 0 radical (unpaired) electrons. The van der Waals surface area contributed by atoms with Crippen molar-refractivity contribution in [2.45, 2.75) is 57.0 Å². The number of hydrogen-bond acceptors (Lipinski definition) is 2. The molecule has 1 saturated heterocycles. The zero-order chi connectivity index (χ0) is 14.1. The third-order valence-corrected chi connectivity index (χ3v) is 6.01. The van der Waals surface area contributed by atoms with Crippen LogP contribution in [0.2, 0.25) is 0 Å². The van der Waals surface area contributed by atoms with E-state index in [1.165, 1.54) is 57.2 Å². The van der Waals surface area contributed by atoms with Gasteiger partial charge in [-0.25, -0.2) is 0 Å². The Morgan fingerprint density at radius 2 is 1.90 bits per heavy atom. The van der Waals surface area contributed by atoms with Gasteiger partial charge in [-0.15, -0.1) is 0 Å². The van der Waals surface area contributed by atoms with Crippen LogP contribution in [0.1, 0.15) is 55.6 Å². The van der Waals surface area contributed by atoms with Gasteiger partial charge >= 0.3 is 0 Å². The van der Waals surface area contributed by atoms with Crippen molar-refractivity contribution >= 4 is 0 Å². The van der Waals surface area contributed by atoms with Crippen LogP contribution >= 0.6 is 0 Å². The number of hydrogen-bond donors (Lipinski definition) is 1. The van der Waals surface area contributed by atoms with Crippen molar-refractivity contribution in [3.05, 3.63) is 35.4 Å². The summed E-state index contributed by atoms with van der Waals surface area (Å²) >= 11 is 0. The van der Waals surface area contributed by atoms with Crippen molar-refractivity contribution < 1.29 is 0 Å². The van der Waals surface area contributed by atoms with E-state index in [4.69, 9.17) is 0 Å². The molecule has 2 nitrogen and oxygen atoms in total. The number of fused-ring (bicyclic) bond motifs is 1. The maximum Gasteiger partial charge on any atom is 0.0208 e. The highest BCUT2D eigenvalue weighted by atomic mass is 15.2. The molecule has 0 aromatic heterocycles. The molecule has 2 fully saturated rings. The highest BCUT2D eigenvalue weighted by Crippen LogP contribution is 2.37. The van der Waals surface area contributed by atoms with Gasteiger partial charge < -0.3 is 5.32 Å². The first-order valence-electron chi connectivity index (χ1n) is 8.94. The number of nitrogens with zero attached hydrogens (tertiary/aromatic N) is 1. The maximum absolute atomic E-state index is 3.62. The molecule has 0 bridgehead atoms. The number of rotatable bonds is 3. The average Bonchev–Trinajstić information content (AvgIpc) is 3.18. The van der Waals surface area contributed by atoms with Crippen LogP contribution in [0.15, 0.2) is 24.3 Å². The first kappa shape index (κ1) is 13.8. The summed E-state index contributed by atoms with van der Waals surface area (Å²) in [6.07, 6.45) is 8.79. The van der Waals surface area contributed by atoms with Gasteiger partial charge in [-0.05, 0) is 49.3 Å². The summed E-state index contributed by atoms with van der Waals surface area (Å²) < 4.78 is 0. The minimum atomic E-state index is 0.692. The van der Waals surface area contributed by atoms with Crippen LogP contribution in [0, 0.1) is 5.92 Å². The number of nitrogens with one attached hydrogen (secondary N) is 1. The van der Waals surface area contributed by atoms with E-state index in [1.807, 2.05) is 0 Å². The van der Waals surface area contributed by atoms with Gasteiger partial charge in [-0.2, -0.15) is 0 Å². The zero-order valence-electron chi connectivity index (χ0n) is 13.1. The van der Waals surface area contributed by atoms with Gasteiger partial charge in [0.1, 0.15) is 0 Å². The molecule has 1 aromatic rings. The molecule has 4 rings (SSSR count). The third kappa shape index (κ3) is 2.76. The summed E-state index contributed by atoms with van der Waals surface area (Å²) in [5.74, 6) is 1.69. The summed E-state index contributed by atoms with van der Waals surface area (Å²) in [7, 11) is 0. The highest BCUT2D eigenvalue weighted by Gasteiger charge is 2.35. The van der Waals surface area contributed by atoms with Crippen molar-refractivity contribution in [3.8, 4) is 0 Å². The Labute approximate surface area is 128 Å². The molecule has 0 amide bonds. The van der Waals surface area contributed by atoms with E-state index in [-0.39, 0.29) is 0 Å². The molecule has 2 aliphatic heterocycles. The molecule has 3 aliphatic rings. The first-order valence-corrected chi connectivity index (χ1v) is 8.94. The second-order valence-electron chi connectivity index (χ2n) is 7.28. The Bertz CT molecular complexity index is 478. The summed E-state index contributed by atoms with van der Waals surface area (Å²) in [4.78, 5) is 2.84. The zero-order valence-corrected chi connectivity index (χ0v) is 13.1. The largest absolute Gasteiger partial charge is 0.312 e. The summed E-state index contributed by atoms with van der Waals surface area (Å²) in [6, 6.07) is 9.95. The lowest BCUT2D eigenvalue weighted by molar-refractivity contribution is 0.177. The predicted octanol–water partition coefficient (Wildman–Crippen LogP) is 3.53. The van der Waals surface area contributed by atoms with Crippen LogP contribution in [0.3, 0.4) is 0 Å². The van der Waals surface area contributed by atoms with E-state index < -0.39 is 0 Å². The van der Waals surface area contributed by atoms with Crippen LogP contribution in [0.5, 0.6) is 0 Å². The van der Waals surface area contributed by atoms with Gasteiger partial charge in [-0.1, -0.05) is 37.1 Å². The Kier molecular flexibility index (Phi) is 4.00. The minimum Gasteiger partial charge on any atom is -0.312 e.